The van der Waals surface area contributed by atoms with Gasteiger partial charge in [0.25, 0.3) is 0 Å². The second kappa shape index (κ2) is 6.84. The molecule has 24 heavy (non-hydrogen) atoms. The summed E-state index contributed by atoms with van der Waals surface area (Å²) in [6.07, 6.45) is 1.68. The number of halogens is 1. The van der Waals surface area contributed by atoms with Crippen molar-refractivity contribution in [3.8, 4) is 11.3 Å². The van der Waals surface area contributed by atoms with E-state index in [1.807, 2.05) is 49.9 Å². The Morgan fingerprint density at radius 2 is 2.04 bits per heavy atom. The van der Waals surface area contributed by atoms with Crippen LogP contribution in [0.3, 0.4) is 0 Å². The Bertz CT molecular complexity index is 721. The first-order valence-corrected chi connectivity index (χ1v) is 9.72. The van der Waals surface area contributed by atoms with Gasteiger partial charge in [0.05, 0.1) is 11.7 Å². The Kier molecular flexibility index (Phi) is 4.97. The summed E-state index contributed by atoms with van der Waals surface area (Å²) in [5.74, 6) is 0. The van der Waals surface area contributed by atoms with E-state index >= 15 is 0 Å². The highest BCUT2D eigenvalue weighted by Gasteiger charge is 2.34. The maximum atomic E-state index is 12.4. The van der Waals surface area contributed by atoms with Gasteiger partial charge in [-0.1, -0.05) is 28.1 Å². The van der Waals surface area contributed by atoms with Crippen LogP contribution in [0.4, 0.5) is 4.79 Å². The van der Waals surface area contributed by atoms with Gasteiger partial charge in [-0.2, -0.15) is 0 Å². The van der Waals surface area contributed by atoms with Crippen molar-refractivity contribution in [2.24, 2.45) is 0 Å². The fraction of sp³-hybridized carbons (Fsp3) is 0.444. The molecule has 1 aromatic carbocycles. The average Bonchev–Trinajstić information content (AvgIpc) is 3.15. The molecule has 3 rings (SSSR count). The Hall–Kier alpha value is -1.40. The van der Waals surface area contributed by atoms with E-state index < -0.39 is 5.60 Å². The number of hydrogen-bond acceptors (Lipinski definition) is 4. The van der Waals surface area contributed by atoms with Crippen LogP contribution in [0.25, 0.3) is 11.3 Å². The minimum Gasteiger partial charge on any atom is -0.444 e. The van der Waals surface area contributed by atoms with Crippen LogP contribution in [-0.2, 0) is 4.74 Å². The summed E-state index contributed by atoms with van der Waals surface area (Å²) in [6.45, 7) is 6.41. The number of hydrogen-bond donors (Lipinski definition) is 0. The molecule has 0 spiro atoms. The molecule has 1 aliphatic rings. The van der Waals surface area contributed by atoms with Crippen molar-refractivity contribution in [1.82, 2.24) is 9.88 Å². The van der Waals surface area contributed by atoms with Gasteiger partial charge >= 0.3 is 6.09 Å². The monoisotopic (exact) mass is 408 g/mol. The number of aromatic nitrogens is 1. The Labute approximate surface area is 155 Å². The minimum absolute atomic E-state index is 0.0223. The number of rotatable bonds is 2. The zero-order valence-electron chi connectivity index (χ0n) is 14.1. The van der Waals surface area contributed by atoms with Crippen molar-refractivity contribution in [1.29, 1.82) is 0 Å². The third-order valence-electron chi connectivity index (χ3n) is 3.83. The molecule has 1 fully saturated rings. The lowest BCUT2D eigenvalue weighted by molar-refractivity contribution is 0.0224. The largest absolute Gasteiger partial charge is 0.444 e. The maximum Gasteiger partial charge on any atom is 0.410 e. The van der Waals surface area contributed by atoms with Crippen LogP contribution in [0.1, 0.15) is 44.7 Å². The highest BCUT2D eigenvalue weighted by molar-refractivity contribution is 9.10. The molecule has 1 amide bonds. The number of benzene rings is 1. The van der Waals surface area contributed by atoms with E-state index in [9.17, 15) is 4.79 Å². The van der Waals surface area contributed by atoms with Crippen LogP contribution in [0, 0.1) is 0 Å². The van der Waals surface area contributed by atoms with Crippen LogP contribution in [0.5, 0.6) is 0 Å². The molecule has 6 heteroatoms. The number of thiazole rings is 1. The Morgan fingerprint density at radius 3 is 2.71 bits per heavy atom. The van der Waals surface area contributed by atoms with E-state index in [2.05, 4.69) is 21.3 Å². The predicted molar refractivity (Wildman–Crippen MR) is 100 cm³/mol. The van der Waals surface area contributed by atoms with E-state index in [-0.39, 0.29) is 12.1 Å². The molecule has 1 aromatic heterocycles. The molecule has 1 aliphatic heterocycles. The lowest BCUT2D eigenvalue weighted by atomic mass is 10.2. The van der Waals surface area contributed by atoms with Gasteiger partial charge in [-0.3, -0.25) is 4.90 Å². The number of ether oxygens (including phenoxy) is 1. The van der Waals surface area contributed by atoms with E-state index in [0.29, 0.717) is 0 Å². The Balaban J connectivity index is 1.78. The summed E-state index contributed by atoms with van der Waals surface area (Å²) in [5.41, 5.74) is 1.57. The first-order valence-electron chi connectivity index (χ1n) is 8.04. The molecule has 2 heterocycles. The van der Waals surface area contributed by atoms with Gasteiger partial charge in [0.15, 0.2) is 0 Å². The molecule has 1 saturated heterocycles. The third kappa shape index (κ3) is 3.98. The summed E-state index contributed by atoms with van der Waals surface area (Å²) in [7, 11) is 0. The highest BCUT2D eigenvalue weighted by Crippen LogP contribution is 2.36. The van der Waals surface area contributed by atoms with E-state index in [0.717, 1.165) is 40.1 Å². The molecule has 0 aliphatic carbocycles. The van der Waals surface area contributed by atoms with Crippen LogP contribution in [-0.4, -0.2) is 28.1 Å². The molecule has 1 atom stereocenters. The topological polar surface area (TPSA) is 42.4 Å². The van der Waals surface area contributed by atoms with Crippen LogP contribution < -0.4 is 0 Å². The van der Waals surface area contributed by atoms with Crippen LogP contribution in [0.2, 0.25) is 0 Å². The summed E-state index contributed by atoms with van der Waals surface area (Å²) in [4.78, 5) is 19.0. The molecule has 0 N–H and O–H groups in total. The standard InChI is InChI=1S/C18H21BrN2O2S/c1-18(2,3)23-17(22)21-10-4-5-15(21)16-20-14(11-24-16)12-6-8-13(19)9-7-12/h6-9,11,15H,4-5,10H2,1-3H3. The molecule has 0 saturated carbocycles. The smallest absolute Gasteiger partial charge is 0.410 e. The second-order valence-electron chi connectivity index (χ2n) is 6.91. The van der Waals surface area contributed by atoms with Gasteiger partial charge < -0.3 is 4.74 Å². The lowest BCUT2D eigenvalue weighted by Crippen LogP contribution is -2.36. The van der Waals surface area contributed by atoms with Gasteiger partial charge in [0.1, 0.15) is 10.6 Å². The van der Waals surface area contributed by atoms with E-state index in [1.165, 1.54) is 0 Å². The number of carbonyl (C=O) groups is 1. The lowest BCUT2D eigenvalue weighted by Gasteiger charge is -2.27. The van der Waals surface area contributed by atoms with Gasteiger partial charge in [0, 0.05) is 22.0 Å². The third-order valence-corrected chi connectivity index (χ3v) is 5.30. The molecule has 1 unspecified atom stereocenters. The predicted octanol–water partition coefficient (Wildman–Crippen LogP) is 5.64. The fourth-order valence-corrected chi connectivity index (χ4v) is 4.00. The first-order chi connectivity index (χ1) is 11.3. The first kappa shape index (κ1) is 17.4. The summed E-state index contributed by atoms with van der Waals surface area (Å²) < 4.78 is 6.59. The number of likely N-dealkylation sites (tertiary alicyclic amines) is 1. The van der Waals surface area contributed by atoms with Crippen LogP contribution in [0.15, 0.2) is 34.1 Å². The fourth-order valence-electron chi connectivity index (χ4n) is 2.76. The van der Waals surface area contributed by atoms with Gasteiger partial charge in [-0.05, 0) is 45.7 Å². The van der Waals surface area contributed by atoms with E-state index in [4.69, 9.17) is 9.72 Å². The summed E-state index contributed by atoms with van der Waals surface area (Å²) in [5, 5.41) is 3.04. The second-order valence-corrected chi connectivity index (χ2v) is 8.71. The van der Waals surface area contributed by atoms with Crippen molar-refractivity contribution in [3.05, 3.63) is 39.1 Å². The van der Waals surface area contributed by atoms with Gasteiger partial charge in [-0.25, -0.2) is 9.78 Å². The number of carbonyl (C=O) groups excluding carboxylic acids is 1. The van der Waals surface area contributed by atoms with Gasteiger partial charge in [-0.15, -0.1) is 11.3 Å². The Morgan fingerprint density at radius 1 is 1.33 bits per heavy atom. The highest BCUT2D eigenvalue weighted by atomic mass is 79.9. The number of amides is 1. The molecule has 2 aromatic rings. The van der Waals surface area contributed by atoms with Crippen molar-refractivity contribution < 1.29 is 9.53 Å². The molecular weight excluding hydrogens is 388 g/mol. The average molecular weight is 409 g/mol. The molecular formula is C18H21BrN2O2S. The zero-order chi connectivity index (χ0) is 17.3. The number of nitrogens with zero attached hydrogens (tertiary/aromatic N) is 2. The molecule has 4 nitrogen and oxygen atoms in total. The van der Waals surface area contributed by atoms with Crippen molar-refractivity contribution in [3.63, 3.8) is 0 Å². The minimum atomic E-state index is -0.477. The molecule has 0 bridgehead atoms. The normalized spacial score (nSPS) is 18.0. The quantitative estimate of drug-likeness (QED) is 0.644. The maximum absolute atomic E-state index is 12.4. The van der Waals surface area contributed by atoms with Crippen molar-refractivity contribution in [2.75, 3.05) is 6.54 Å². The van der Waals surface area contributed by atoms with Crippen molar-refractivity contribution >= 4 is 33.4 Å². The SMILES string of the molecule is CC(C)(C)OC(=O)N1CCCC1c1nc(-c2ccc(Br)cc2)cs1. The van der Waals surface area contributed by atoms with Crippen LogP contribution >= 0.6 is 27.3 Å². The summed E-state index contributed by atoms with van der Waals surface area (Å²) in [6, 6.07) is 8.13. The molecule has 0 radical (unpaired) electrons. The summed E-state index contributed by atoms with van der Waals surface area (Å²) >= 11 is 5.06. The van der Waals surface area contributed by atoms with Gasteiger partial charge in [0.2, 0.25) is 0 Å². The van der Waals surface area contributed by atoms with Crippen molar-refractivity contribution in [2.45, 2.75) is 45.3 Å². The van der Waals surface area contributed by atoms with E-state index in [1.54, 1.807) is 11.3 Å². The molecule has 128 valence electrons. The zero-order valence-corrected chi connectivity index (χ0v) is 16.5.